The van der Waals surface area contributed by atoms with E-state index in [9.17, 15) is 9.59 Å². The number of aryl methyl sites for hydroxylation is 1. The summed E-state index contributed by atoms with van der Waals surface area (Å²) in [6.45, 7) is 4.05. The van der Waals surface area contributed by atoms with Crippen LogP contribution in [0.5, 0.6) is 0 Å². The molecule has 0 fully saturated rings. The van der Waals surface area contributed by atoms with Crippen LogP contribution >= 0.6 is 0 Å². The number of hydrogen-bond donors (Lipinski definition) is 1. The standard InChI is InChI=1S/C16H20N2O3/c1-3-11(4-2)18-14(9-10-15(19)20)17-13-8-6-5-7-12(13)16(18)21/h5-8,11H,3-4,9-10H2,1-2H3,(H,19,20). The van der Waals surface area contributed by atoms with Crippen molar-refractivity contribution >= 4 is 16.9 Å². The Hall–Kier alpha value is -2.17. The first-order valence-electron chi connectivity index (χ1n) is 7.30. The van der Waals surface area contributed by atoms with Gasteiger partial charge in [0, 0.05) is 12.5 Å². The van der Waals surface area contributed by atoms with E-state index in [1.54, 1.807) is 16.7 Å². The van der Waals surface area contributed by atoms with E-state index in [0.717, 1.165) is 12.8 Å². The monoisotopic (exact) mass is 288 g/mol. The normalized spacial score (nSPS) is 11.2. The van der Waals surface area contributed by atoms with Gasteiger partial charge in [0.1, 0.15) is 5.82 Å². The summed E-state index contributed by atoms with van der Waals surface area (Å²) >= 11 is 0. The highest BCUT2D eigenvalue weighted by Crippen LogP contribution is 2.18. The van der Waals surface area contributed by atoms with Crippen LogP contribution in [0.3, 0.4) is 0 Å². The summed E-state index contributed by atoms with van der Waals surface area (Å²) in [6.07, 6.45) is 1.88. The molecule has 1 aromatic carbocycles. The summed E-state index contributed by atoms with van der Waals surface area (Å²) in [5, 5.41) is 9.47. The van der Waals surface area contributed by atoms with Gasteiger partial charge >= 0.3 is 5.97 Å². The van der Waals surface area contributed by atoms with Gasteiger partial charge in [0.25, 0.3) is 5.56 Å². The first-order valence-corrected chi connectivity index (χ1v) is 7.30. The zero-order valence-corrected chi connectivity index (χ0v) is 12.4. The van der Waals surface area contributed by atoms with E-state index in [0.29, 0.717) is 16.7 Å². The minimum atomic E-state index is -0.881. The van der Waals surface area contributed by atoms with Crippen molar-refractivity contribution < 1.29 is 9.90 Å². The molecule has 1 N–H and O–H groups in total. The molecule has 0 saturated heterocycles. The lowest BCUT2D eigenvalue weighted by Gasteiger charge is -2.20. The van der Waals surface area contributed by atoms with Gasteiger partial charge in [-0.05, 0) is 25.0 Å². The molecular formula is C16H20N2O3. The van der Waals surface area contributed by atoms with Crippen molar-refractivity contribution in [2.75, 3.05) is 0 Å². The number of fused-ring (bicyclic) bond motifs is 1. The van der Waals surface area contributed by atoms with Crippen LogP contribution in [0.1, 0.15) is 45.0 Å². The van der Waals surface area contributed by atoms with Crippen molar-refractivity contribution in [1.82, 2.24) is 9.55 Å². The first-order chi connectivity index (χ1) is 10.1. The predicted octanol–water partition coefficient (Wildman–Crippen LogP) is 2.77. The smallest absolute Gasteiger partial charge is 0.303 e. The lowest BCUT2D eigenvalue weighted by Crippen LogP contribution is -2.29. The van der Waals surface area contributed by atoms with E-state index >= 15 is 0 Å². The second kappa shape index (κ2) is 6.52. The number of carboxylic acid groups (broad SMARTS) is 1. The van der Waals surface area contributed by atoms with Crippen LogP contribution in [0, 0.1) is 0 Å². The molecule has 0 radical (unpaired) electrons. The van der Waals surface area contributed by atoms with Gasteiger partial charge < -0.3 is 5.11 Å². The quantitative estimate of drug-likeness (QED) is 0.887. The number of para-hydroxylation sites is 1. The van der Waals surface area contributed by atoms with Gasteiger partial charge in [-0.2, -0.15) is 0 Å². The third-order valence-electron chi connectivity index (χ3n) is 3.75. The van der Waals surface area contributed by atoms with E-state index in [-0.39, 0.29) is 24.4 Å². The molecule has 0 spiro atoms. The van der Waals surface area contributed by atoms with E-state index < -0.39 is 5.97 Å². The average Bonchev–Trinajstić information content (AvgIpc) is 2.48. The van der Waals surface area contributed by atoms with E-state index in [4.69, 9.17) is 5.11 Å². The average molecular weight is 288 g/mol. The molecule has 0 aliphatic carbocycles. The summed E-state index contributed by atoms with van der Waals surface area (Å²) in [5.74, 6) is -0.316. The second-order valence-electron chi connectivity index (χ2n) is 5.08. The molecule has 112 valence electrons. The fourth-order valence-electron chi connectivity index (χ4n) is 2.62. The van der Waals surface area contributed by atoms with Crippen LogP contribution in [0.4, 0.5) is 0 Å². The lowest BCUT2D eigenvalue weighted by atomic mass is 10.1. The van der Waals surface area contributed by atoms with Crippen LogP contribution in [0.25, 0.3) is 10.9 Å². The lowest BCUT2D eigenvalue weighted by molar-refractivity contribution is -0.137. The Labute approximate surface area is 123 Å². The molecule has 0 amide bonds. The zero-order chi connectivity index (χ0) is 15.4. The van der Waals surface area contributed by atoms with Gasteiger partial charge in [0.2, 0.25) is 0 Å². The van der Waals surface area contributed by atoms with Crippen molar-refractivity contribution in [2.45, 2.75) is 45.6 Å². The van der Waals surface area contributed by atoms with Gasteiger partial charge in [-0.15, -0.1) is 0 Å². The number of aliphatic carboxylic acids is 1. The molecular weight excluding hydrogens is 268 g/mol. The van der Waals surface area contributed by atoms with Gasteiger partial charge in [0.05, 0.1) is 17.3 Å². The van der Waals surface area contributed by atoms with Gasteiger partial charge in [0.15, 0.2) is 0 Å². The van der Waals surface area contributed by atoms with Crippen LogP contribution in [0.2, 0.25) is 0 Å². The van der Waals surface area contributed by atoms with Crippen molar-refractivity contribution in [3.8, 4) is 0 Å². The Morgan fingerprint density at radius 2 is 1.95 bits per heavy atom. The minimum Gasteiger partial charge on any atom is -0.481 e. The van der Waals surface area contributed by atoms with Crippen molar-refractivity contribution in [1.29, 1.82) is 0 Å². The summed E-state index contributed by atoms with van der Waals surface area (Å²) in [7, 11) is 0. The molecule has 0 aliphatic heterocycles. The molecule has 0 unspecified atom stereocenters. The molecule has 5 nitrogen and oxygen atoms in total. The number of nitrogens with zero attached hydrogens (tertiary/aromatic N) is 2. The number of hydrogen-bond acceptors (Lipinski definition) is 3. The molecule has 0 aliphatic rings. The molecule has 1 heterocycles. The topological polar surface area (TPSA) is 72.2 Å². The minimum absolute atomic E-state index is 0.0229. The highest BCUT2D eigenvalue weighted by molar-refractivity contribution is 5.77. The zero-order valence-electron chi connectivity index (χ0n) is 12.4. The fraction of sp³-hybridized carbons (Fsp3) is 0.438. The van der Waals surface area contributed by atoms with Gasteiger partial charge in [-0.25, -0.2) is 4.98 Å². The molecule has 5 heteroatoms. The van der Waals surface area contributed by atoms with Crippen molar-refractivity contribution in [3.05, 3.63) is 40.4 Å². The van der Waals surface area contributed by atoms with Crippen LogP contribution in [-0.4, -0.2) is 20.6 Å². The van der Waals surface area contributed by atoms with Crippen molar-refractivity contribution in [3.63, 3.8) is 0 Å². The Balaban J connectivity index is 2.64. The largest absolute Gasteiger partial charge is 0.481 e. The SMILES string of the molecule is CCC(CC)n1c(CCC(=O)O)nc2ccccc2c1=O. The number of carbonyl (C=O) groups is 1. The van der Waals surface area contributed by atoms with Gasteiger partial charge in [-0.3, -0.25) is 14.2 Å². The molecule has 2 aromatic rings. The number of rotatable bonds is 6. The van der Waals surface area contributed by atoms with E-state index in [1.807, 2.05) is 26.0 Å². The summed E-state index contributed by atoms with van der Waals surface area (Å²) < 4.78 is 1.69. The third kappa shape index (κ3) is 3.12. The highest BCUT2D eigenvalue weighted by atomic mass is 16.4. The Kier molecular flexibility index (Phi) is 4.73. The highest BCUT2D eigenvalue weighted by Gasteiger charge is 2.17. The third-order valence-corrected chi connectivity index (χ3v) is 3.75. The first kappa shape index (κ1) is 15.2. The van der Waals surface area contributed by atoms with Crippen molar-refractivity contribution in [2.24, 2.45) is 0 Å². The Bertz CT molecular complexity index is 702. The molecule has 0 saturated carbocycles. The molecule has 0 bridgehead atoms. The molecule has 2 rings (SSSR count). The number of aromatic nitrogens is 2. The van der Waals surface area contributed by atoms with Gasteiger partial charge in [-0.1, -0.05) is 26.0 Å². The number of benzene rings is 1. The maximum Gasteiger partial charge on any atom is 0.303 e. The maximum absolute atomic E-state index is 12.7. The molecule has 1 aromatic heterocycles. The van der Waals surface area contributed by atoms with E-state index in [1.165, 1.54) is 0 Å². The Morgan fingerprint density at radius 1 is 1.29 bits per heavy atom. The molecule has 21 heavy (non-hydrogen) atoms. The van der Waals surface area contributed by atoms with E-state index in [2.05, 4.69) is 4.98 Å². The number of carboxylic acids is 1. The maximum atomic E-state index is 12.7. The predicted molar refractivity (Wildman–Crippen MR) is 81.6 cm³/mol. The second-order valence-corrected chi connectivity index (χ2v) is 5.08. The molecule has 0 atom stereocenters. The van der Waals surface area contributed by atoms with Crippen LogP contribution in [-0.2, 0) is 11.2 Å². The fourth-order valence-corrected chi connectivity index (χ4v) is 2.62. The summed E-state index contributed by atoms with van der Waals surface area (Å²) in [6, 6.07) is 7.26. The Morgan fingerprint density at radius 3 is 2.57 bits per heavy atom. The van der Waals surface area contributed by atoms with Crippen LogP contribution in [0.15, 0.2) is 29.1 Å². The summed E-state index contributed by atoms with van der Waals surface area (Å²) in [5.41, 5.74) is 0.555. The summed E-state index contributed by atoms with van der Waals surface area (Å²) in [4.78, 5) is 28.1. The van der Waals surface area contributed by atoms with Crippen LogP contribution < -0.4 is 5.56 Å².